The van der Waals surface area contributed by atoms with Crippen molar-refractivity contribution in [3.63, 3.8) is 0 Å². The van der Waals surface area contributed by atoms with Gasteiger partial charge in [-0.25, -0.2) is 0 Å². The summed E-state index contributed by atoms with van der Waals surface area (Å²) in [6, 6.07) is 0. The van der Waals surface area contributed by atoms with Crippen molar-refractivity contribution in [2.24, 2.45) is 21.7 Å². The molecule has 20 nitrogen and oxygen atoms in total. The molecule has 2 aliphatic rings. The highest BCUT2D eigenvalue weighted by Gasteiger charge is 2.72. The molecule has 3 rings (SSSR count). The van der Waals surface area contributed by atoms with Crippen molar-refractivity contribution < 1.29 is 88.7 Å². The molecule has 2 aliphatic carbocycles. The summed E-state index contributed by atoms with van der Waals surface area (Å²) in [7, 11) is 0. The van der Waals surface area contributed by atoms with E-state index < -0.39 is 92.7 Å². The number of ether oxygens (including phenoxy) is 2. The Balaban J connectivity index is 2.06. The third-order valence-electron chi connectivity index (χ3n) is 6.69. The summed E-state index contributed by atoms with van der Waals surface area (Å²) in [6.07, 6.45) is 3.76. The summed E-state index contributed by atoms with van der Waals surface area (Å²) in [5, 5.41) is 76.8. The minimum atomic E-state index is -3.65. The Morgan fingerprint density at radius 1 is 0.477 bits per heavy atom. The zero-order chi connectivity index (χ0) is 33.4. The number of rotatable bonds is 12. The lowest BCUT2D eigenvalue weighted by molar-refractivity contribution is -0.186. The van der Waals surface area contributed by atoms with Crippen LogP contribution in [0.2, 0.25) is 0 Å². The van der Waals surface area contributed by atoms with Gasteiger partial charge < -0.3 is 50.3 Å². The van der Waals surface area contributed by atoms with E-state index in [0.717, 1.165) is 12.4 Å². The van der Waals surface area contributed by atoms with Crippen LogP contribution in [-0.2, 0) is 38.4 Å². The number of aliphatic carboxylic acids is 8. The van der Waals surface area contributed by atoms with Gasteiger partial charge in [0.15, 0.2) is 0 Å². The Hall–Kier alpha value is -6.60. The maximum absolute atomic E-state index is 12.0. The molecule has 1 heterocycles. The molecule has 44 heavy (non-hydrogen) atoms. The second-order valence-electron chi connectivity index (χ2n) is 8.83. The SMILES string of the molecule is O=C(O)C1(C(=O)O)C=CC(Oc2cncc(OC3=CC(C(=O)O)(C(=O)O)C(C(=O)O)(C(=O)O)C=C3)n2)=CC1(C(=O)O)C(=O)O. The maximum Gasteiger partial charge on any atom is 0.327 e. The van der Waals surface area contributed by atoms with E-state index in [1.165, 1.54) is 0 Å². The normalized spacial score (nSPS) is 18.5. The number of carboxylic acids is 8. The molecule has 230 valence electrons. The van der Waals surface area contributed by atoms with Gasteiger partial charge in [0.2, 0.25) is 33.4 Å². The second kappa shape index (κ2) is 10.7. The maximum atomic E-state index is 12.0. The third-order valence-corrected chi connectivity index (χ3v) is 6.69. The van der Waals surface area contributed by atoms with Crippen LogP contribution in [0.15, 0.2) is 60.4 Å². The van der Waals surface area contributed by atoms with Crippen LogP contribution >= 0.6 is 0 Å². The lowest BCUT2D eigenvalue weighted by atomic mass is 9.60. The van der Waals surface area contributed by atoms with Gasteiger partial charge in [-0.1, -0.05) is 12.2 Å². The molecule has 0 unspecified atom stereocenters. The van der Waals surface area contributed by atoms with Gasteiger partial charge >= 0.3 is 47.8 Å². The molecule has 20 heteroatoms. The Labute approximate surface area is 240 Å². The van der Waals surface area contributed by atoms with Gasteiger partial charge in [-0.2, -0.15) is 4.98 Å². The molecule has 0 aromatic carbocycles. The fraction of sp³-hybridized carbons (Fsp3) is 0.167. The van der Waals surface area contributed by atoms with E-state index in [1.807, 2.05) is 0 Å². The van der Waals surface area contributed by atoms with Gasteiger partial charge in [0, 0.05) is 0 Å². The quantitative estimate of drug-likeness (QED) is 0.127. The van der Waals surface area contributed by atoms with Gasteiger partial charge in [0.05, 0.1) is 12.4 Å². The van der Waals surface area contributed by atoms with Crippen LogP contribution in [0.4, 0.5) is 0 Å². The van der Waals surface area contributed by atoms with Crippen molar-refractivity contribution in [1.29, 1.82) is 0 Å². The average molecular weight is 620 g/mol. The van der Waals surface area contributed by atoms with Gasteiger partial charge in [-0.3, -0.25) is 43.3 Å². The predicted molar refractivity (Wildman–Crippen MR) is 129 cm³/mol. The Morgan fingerprint density at radius 3 is 1.00 bits per heavy atom. The van der Waals surface area contributed by atoms with Gasteiger partial charge in [0.1, 0.15) is 11.5 Å². The molecule has 0 bridgehead atoms. The standard InChI is InChI=1S/C24H16N2O18/c27-13(28)21(14(29)30)3-1-9(5-23(21,17(35)36)18(37)38)43-11-7-25-8-12(26-11)44-10-2-4-22(15(31)32,16(33)34)24(6-10,19(39)40)20(41)42/h1-8H,(H,27,28)(H,29,30)(H,31,32)(H,33,34)(H,35,36)(H,37,38)(H,39,40)(H,41,42). The lowest BCUT2D eigenvalue weighted by Gasteiger charge is -2.37. The number of carboxylic acid groups (broad SMARTS) is 8. The summed E-state index contributed by atoms with van der Waals surface area (Å²) in [5.74, 6) is -21.7. The summed E-state index contributed by atoms with van der Waals surface area (Å²) in [6.45, 7) is 0. The average Bonchev–Trinajstić information content (AvgIpc) is 2.91. The number of hydrogen-bond acceptors (Lipinski definition) is 12. The van der Waals surface area contributed by atoms with E-state index in [2.05, 4.69) is 9.97 Å². The topological polar surface area (TPSA) is 343 Å². The van der Waals surface area contributed by atoms with Crippen LogP contribution in [0.1, 0.15) is 0 Å². The first kappa shape index (κ1) is 31.9. The molecule has 0 fully saturated rings. The number of nitrogens with zero attached hydrogens (tertiary/aromatic N) is 2. The number of allylic oxidation sites excluding steroid dienone is 2. The summed E-state index contributed by atoms with van der Waals surface area (Å²) in [4.78, 5) is 103. The van der Waals surface area contributed by atoms with E-state index in [4.69, 9.17) is 9.47 Å². The summed E-state index contributed by atoms with van der Waals surface area (Å²) in [5.41, 5.74) is -14.4. The van der Waals surface area contributed by atoms with Crippen LogP contribution < -0.4 is 9.47 Å². The molecule has 8 N–H and O–H groups in total. The minimum absolute atomic E-state index is 0.187. The third kappa shape index (κ3) is 4.24. The number of carbonyl (C=O) groups is 8. The molecular formula is C24H16N2O18. The van der Waals surface area contributed by atoms with Crippen LogP contribution in [0.25, 0.3) is 0 Å². The van der Waals surface area contributed by atoms with E-state index in [1.54, 1.807) is 0 Å². The minimum Gasteiger partial charge on any atom is -0.480 e. The molecule has 1 aromatic heterocycles. The summed E-state index contributed by atoms with van der Waals surface area (Å²) >= 11 is 0. The first-order chi connectivity index (χ1) is 20.4. The largest absolute Gasteiger partial charge is 0.480 e. The Morgan fingerprint density at radius 2 is 0.750 bits per heavy atom. The van der Waals surface area contributed by atoms with Gasteiger partial charge in [-0.05, 0) is 24.3 Å². The molecule has 0 aliphatic heterocycles. The van der Waals surface area contributed by atoms with E-state index >= 15 is 0 Å². The highest BCUT2D eigenvalue weighted by atomic mass is 16.5. The monoisotopic (exact) mass is 620 g/mol. The van der Waals surface area contributed by atoms with E-state index in [0.29, 0.717) is 12.2 Å². The predicted octanol–water partition coefficient (Wildman–Crippen LogP) is -1.24. The Bertz CT molecular complexity index is 1490. The molecular weight excluding hydrogens is 604 g/mol. The highest BCUT2D eigenvalue weighted by molar-refractivity contribution is 6.17. The van der Waals surface area contributed by atoms with Crippen molar-refractivity contribution in [2.45, 2.75) is 0 Å². The van der Waals surface area contributed by atoms with Crippen molar-refractivity contribution in [3.8, 4) is 11.8 Å². The second-order valence-corrected chi connectivity index (χ2v) is 8.83. The van der Waals surface area contributed by atoms with Crippen molar-refractivity contribution >= 4 is 47.8 Å². The molecule has 0 saturated carbocycles. The zero-order valence-corrected chi connectivity index (χ0v) is 21.2. The highest BCUT2D eigenvalue weighted by Crippen LogP contribution is 2.49. The van der Waals surface area contributed by atoms with Crippen LogP contribution in [0.5, 0.6) is 11.8 Å². The van der Waals surface area contributed by atoms with Crippen molar-refractivity contribution in [2.75, 3.05) is 0 Å². The molecule has 0 atom stereocenters. The molecule has 0 spiro atoms. The lowest BCUT2D eigenvalue weighted by Crippen LogP contribution is -2.60. The molecule has 1 aromatic rings. The van der Waals surface area contributed by atoms with Crippen LogP contribution in [-0.4, -0.2) is 98.6 Å². The molecule has 0 saturated heterocycles. The molecule has 0 amide bonds. The first-order valence-electron chi connectivity index (χ1n) is 11.3. The van der Waals surface area contributed by atoms with Crippen LogP contribution in [0, 0.1) is 21.7 Å². The Kier molecular flexibility index (Phi) is 7.74. The van der Waals surface area contributed by atoms with E-state index in [-0.39, 0.29) is 24.3 Å². The fourth-order valence-electron chi connectivity index (χ4n) is 4.47. The first-order valence-corrected chi connectivity index (χ1v) is 11.3. The van der Waals surface area contributed by atoms with Crippen molar-refractivity contribution in [1.82, 2.24) is 9.97 Å². The smallest absolute Gasteiger partial charge is 0.327 e. The fourth-order valence-corrected chi connectivity index (χ4v) is 4.47. The van der Waals surface area contributed by atoms with Gasteiger partial charge in [-0.15, -0.1) is 0 Å². The zero-order valence-electron chi connectivity index (χ0n) is 21.2. The number of aromatic nitrogens is 2. The summed E-state index contributed by atoms with van der Waals surface area (Å²) < 4.78 is 10.5. The van der Waals surface area contributed by atoms with Crippen molar-refractivity contribution in [3.05, 3.63) is 60.4 Å². The molecule has 0 radical (unpaired) electrons. The van der Waals surface area contributed by atoms with Crippen LogP contribution in [0.3, 0.4) is 0 Å². The number of hydrogen-bond donors (Lipinski definition) is 8. The van der Waals surface area contributed by atoms with E-state index in [9.17, 15) is 79.2 Å². The van der Waals surface area contributed by atoms with Gasteiger partial charge in [0.25, 0.3) is 0 Å².